The number of benzene rings is 1. The SMILES string of the molecule is C=C(C#N)C(=O)Oc1ccc(C(F)(F)F)cc1Br. The second-order valence-electron chi connectivity index (χ2n) is 3.12. The maximum atomic E-state index is 12.4. The van der Waals surface area contributed by atoms with Crippen molar-refractivity contribution in [2.45, 2.75) is 6.18 Å². The summed E-state index contributed by atoms with van der Waals surface area (Å²) in [5.74, 6) is -1.14. The summed E-state index contributed by atoms with van der Waals surface area (Å²) in [7, 11) is 0. The van der Waals surface area contributed by atoms with Crippen LogP contribution in [0.5, 0.6) is 5.75 Å². The summed E-state index contributed by atoms with van der Waals surface area (Å²) in [6, 6.07) is 4.00. The molecule has 0 heterocycles. The highest BCUT2D eigenvalue weighted by molar-refractivity contribution is 9.10. The first-order chi connectivity index (χ1) is 8.25. The van der Waals surface area contributed by atoms with Crippen molar-refractivity contribution >= 4 is 21.9 Å². The van der Waals surface area contributed by atoms with Crippen LogP contribution in [0.15, 0.2) is 34.8 Å². The van der Waals surface area contributed by atoms with Gasteiger partial charge in [0.05, 0.1) is 10.0 Å². The van der Waals surface area contributed by atoms with Crippen LogP contribution in [0.25, 0.3) is 0 Å². The lowest BCUT2D eigenvalue weighted by atomic mass is 10.2. The minimum atomic E-state index is -4.48. The minimum absolute atomic E-state index is 0.0450. The molecule has 1 rings (SSSR count). The Labute approximate surface area is 109 Å². The van der Waals surface area contributed by atoms with Gasteiger partial charge < -0.3 is 4.74 Å². The molecular weight excluding hydrogens is 315 g/mol. The highest BCUT2D eigenvalue weighted by atomic mass is 79.9. The molecule has 0 aliphatic heterocycles. The zero-order valence-corrected chi connectivity index (χ0v) is 10.3. The van der Waals surface area contributed by atoms with E-state index in [1.54, 1.807) is 0 Å². The van der Waals surface area contributed by atoms with Crippen LogP contribution in [0.3, 0.4) is 0 Å². The van der Waals surface area contributed by atoms with Gasteiger partial charge in [0, 0.05) is 0 Å². The molecule has 0 amide bonds. The summed E-state index contributed by atoms with van der Waals surface area (Å²) >= 11 is 2.85. The quantitative estimate of drug-likeness (QED) is 0.363. The number of halogens is 4. The third-order valence-electron chi connectivity index (χ3n) is 1.84. The van der Waals surface area contributed by atoms with Gasteiger partial charge in [-0.1, -0.05) is 6.58 Å². The normalized spacial score (nSPS) is 10.6. The zero-order chi connectivity index (χ0) is 13.9. The van der Waals surface area contributed by atoms with Crippen LogP contribution < -0.4 is 4.74 Å². The maximum absolute atomic E-state index is 12.4. The number of ether oxygens (including phenoxy) is 1. The fourth-order valence-corrected chi connectivity index (χ4v) is 1.43. The third kappa shape index (κ3) is 3.34. The topological polar surface area (TPSA) is 50.1 Å². The molecule has 18 heavy (non-hydrogen) atoms. The lowest BCUT2D eigenvalue weighted by Gasteiger charge is -2.09. The van der Waals surface area contributed by atoms with Gasteiger partial charge in [-0.3, -0.25) is 0 Å². The Morgan fingerprint density at radius 3 is 2.50 bits per heavy atom. The molecule has 0 spiro atoms. The van der Waals surface area contributed by atoms with Crippen LogP contribution in [-0.2, 0) is 11.0 Å². The predicted octanol–water partition coefficient (Wildman–Crippen LogP) is 3.45. The van der Waals surface area contributed by atoms with Crippen LogP contribution in [0.4, 0.5) is 13.2 Å². The van der Waals surface area contributed by atoms with Crippen LogP contribution in [0.1, 0.15) is 5.56 Å². The number of hydrogen-bond acceptors (Lipinski definition) is 3. The fraction of sp³-hybridized carbons (Fsp3) is 0.0909. The molecule has 0 aliphatic carbocycles. The smallest absolute Gasteiger partial charge is 0.416 e. The molecule has 0 atom stereocenters. The first kappa shape index (κ1) is 14.3. The Morgan fingerprint density at radius 2 is 2.06 bits per heavy atom. The molecule has 0 saturated heterocycles. The number of hydrogen-bond donors (Lipinski definition) is 0. The Kier molecular flexibility index (Phi) is 4.14. The van der Waals surface area contributed by atoms with E-state index in [4.69, 9.17) is 10.00 Å². The van der Waals surface area contributed by atoms with Crippen molar-refractivity contribution in [3.8, 4) is 11.8 Å². The van der Waals surface area contributed by atoms with Crippen molar-refractivity contribution in [1.29, 1.82) is 5.26 Å². The summed E-state index contributed by atoms with van der Waals surface area (Å²) < 4.78 is 41.7. The zero-order valence-electron chi connectivity index (χ0n) is 8.71. The van der Waals surface area contributed by atoms with Gasteiger partial charge in [0.15, 0.2) is 0 Å². The summed E-state index contributed by atoms with van der Waals surface area (Å²) in [5.41, 5.74) is -1.32. The highest BCUT2D eigenvalue weighted by Crippen LogP contribution is 2.34. The van der Waals surface area contributed by atoms with E-state index in [0.29, 0.717) is 0 Å². The third-order valence-corrected chi connectivity index (χ3v) is 2.46. The number of carbonyl (C=O) groups is 1. The summed E-state index contributed by atoms with van der Waals surface area (Å²) in [6.45, 7) is 3.12. The van der Waals surface area contributed by atoms with Crippen LogP contribution in [-0.4, -0.2) is 5.97 Å². The molecule has 0 bridgehead atoms. The van der Waals surface area contributed by atoms with Gasteiger partial charge in [-0.15, -0.1) is 0 Å². The number of alkyl halides is 3. The van der Waals surface area contributed by atoms with E-state index < -0.39 is 23.3 Å². The van der Waals surface area contributed by atoms with Crippen molar-refractivity contribution in [3.05, 3.63) is 40.4 Å². The molecule has 0 fully saturated rings. The van der Waals surface area contributed by atoms with E-state index in [0.717, 1.165) is 18.2 Å². The monoisotopic (exact) mass is 319 g/mol. The first-order valence-corrected chi connectivity index (χ1v) is 5.23. The second kappa shape index (κ2) is 5.23. The van der Waals surface area contributed by atoms with Crippen molar-refractivity contribution in [2.24, 2.45) is 0 Å². The predicted molar refractivity (Wildman–Crippen MR) is 59.5 cm³/mol. The molecule has 0 N–H and O–H groups in total. The Bertz CT molecular complexity index is 546. The van der Waals surface area contributed by atoms with Crippen LogP contribution in [0.2, 0.25) is 0 Å². The highest BCUT2D eigenvalue weighted by Gasteiger charge is 2.31. The maximum Gasteiger partial charge on any atom is 0.416 e. The molecule has 0 aliphatic rings. The Hall–Kier alpha value is -1.81. The number of nitrogens with zero attached hydrogens (tertiary/aromatic N) is 1. The average Bonchev–Trinajstić information content (AvgIpc) is 2.29. The molecule has 0 radical (unpaired) electrons. The van der Waals surface area contributed by atoms with Crippen LogP contribution in [0, 0.1) is 11.3 Å². The molecule has 1 aromatic carbocycles. The standard InChI is InChI=1S/C11H5BrF3NO2/c1-6(5-16)10(17)18-9-3-2-7(4-8(9)12)11(13,14)15/h2-4H,1H2. The lowest BCUT2D eigenvalue weighted by Crippen LogP contribution is -2.10. The molecule has 1 aromatic rings. The Balaban J connectivity index is 2.98. The van der Waals surface area contributed by atoms with Crippen molar-refractivity contribution in [2.75, 3.05) is 0 Å². The van der Waals surface area contributed by atoms with Crippen molar-refractivity contribution < 1.29 is 22.7 Å². The molecule has 3 nitrogen and oxygen atoms in total. The fourth-order valence-electron chi connectivity index (χ4n) is 0.967. The van der Waals surface area contributed by atoms with E-state index in [1.807, 2.05) is 0 Å². The lowest BCUT2D eigenvalue weighted by molar-refractivity contribution is -0.137. The summed E-state index contributed by atoms with van der Waals surface area (Å²) in [4.78, 5) is 11.2. The number of rotatable bonds is 2. The first-order valence-electron chi connectivity index (χ1n) is 4.43. The van der Waals surface area contributed by atoms with Gasteiger partial charge in [0.25, 0.3) is 0 Å². The van der Waals surface area contributed by atoms with Gasteiger partial charge >= 0.3 is 12.1 Å². The van der Waals surface area contributed by atoms with Crippen molar-refractivity contribution in [3.63, 3.8) is 0 Å². The van der Waals surface area contributed by atoms with Gasteiger partial charge in [0.2, 0.25) is 0 Å². The van der Waals surface area contributed by atoms with Gasteiger partial charge in [-0.05, 0) is 34.1 Å². The molecule has 94 valence electrons. The molecule has 0 unspecified atom stereocenters. The molecule has 0 aromatic heterocycles. The molecule has 0 saturated carbocycles. The summed E-state index contributed by atoms with van der Waals surface area (Å²) in [6.07, 6.45) is -4.48. The van der Waals surface area contributed by atoms with E-state index >= 15 is 0 Å². The second-order valence-corrected chi connectivity index (χ2v) is 3.98. The molecule has 7 heteroatoms. The summed E-state index contributed by atoms with van der Waals surface area (Å²) in [5, 5.41) is 8.39. The van der Waals surface area contributed by atoms with E-state index in [1.165, 1.54) is 6.07 Å². The average molecular weight is 320 g/mol. The number of esters is 1. The van der Waals surface area contributed by atoms with Gasteiger partial charge in [0.1, 0.15) is 17.4 Å². The number of carbonyl (C=O) groups excluding carboxylic acids is 1. The minimum Gasteiger partial charge on any atom is -0.421 e. The van der Waals surface area contributed by atoms with Crippen LogP contribution >= 0.6 is 15.9 Å². The van der Waals surface area contributed by atoms with E-state index in [9.17, 15) is 18.0 Å². The molecular formula is C11H5BrF3NO2. The van der Waals surface area contributed by atoms with Gasteiger partial charge in [-0.25, -0.2) is 4.79 Å². The largest absolute Gasteiger partial charge is 0.421 e. The van der Waals surface area contributed by atoms with Crippen molar-refractivity contribution in [1.82, 2.24) is 0 Å². The van der Waals surface area contributed by atoms with Gasteiger partial charge in [-0.2, -0.15) is 18.4 Å². The number of nitriles is 1. The van der Waals surface area contributed by atoms with E-state index in [-0.39, 0.29) is 10.2 Å². The van der Waals surface area contributed by atoms with E-state index in [2.05, 4.69) is 22.5 Å². The Morgan fingerprint density at radius 1 is 1.44 bits per heavy atom.